The van der Waals surface area contributed by atoms with Gasteiger partial charge in [0.15, 0.2) is 0 Å². The minimum Gasteiger partial charge on any atom is -0.394 e. The van der Waals surface area contributed by atoms with E-state index in [0.29, 0.717) is 0 Å². The molecule has 0 amide bonds. The summed E-state index contributed by atoms with van der Waals surface area (Å²) < 4.78 is 0. The standard InChI is InChI=1S/C15H32N2O/c1-4-10-16-15(3,13-18)9-7-12-17-11-6-8-14(17)5-2/h14,16,18H,4-13H2,1-3H3. The van der Waals surface area contributed by atoms with Gasteiger partial charge in [0.25, 0.3) is 0 Å². The zero-order chi connectivity index (χ0) is 13.4. The molecule has 0 saturated carbocycles. The summed E-state index contributed by atoms with van der Waals surface area (Å²) in [6.45, 7) is 10.3. The fourth-order valence-electron chi connectivity index (χ4n) is 2.97. The van der Waals surface area contributed by atoms with Gasteiger partial charge in [-0.2, -0.15) is 0 Å². The number of nitrogens with zero attached hydrogens (tertiary/aromatic N) is 1. The van der Waals surface area contributed by atoms with Crippen molar-refractivity contribution in [3.63, 3.8) is 0 Å². The van der Waals surface area contributed by atoms with E-state index in [1.165, 1.54) is 38.8 Å². The van der Waals surface area contributed by atoms with E-state index in [1.807, 2.05) is 0 Å². The summed E-state index contributed by atoms with van der Waals surface area (Å²) in [6.07, 6.45) is 7.40. The predicted molar refractivity (Wildman–Crippen MR) is 77.9 cm³/mol. The van der Waals surface area contributed by atoms with Crippen LogP contribution in [0.5, 0.6) is 0 Å². The van der Waals surface area contributed by atoms with Crippen LogP contribution in [0.3, 0.4) is 0 Å². The van der Waals surface area contributed by atoms with E-state index in [-0.39, 0.29) is 12.1 Å². The van der Waals surface area contributed by atoms with E-state index < -0.39 is 0 Å². The minimum absolute atomic E-state index is 0.0859. The fourth-order valence-corrected chi connectivity index (χ4v) is 2.97. The molecule has 0 aromatic heterocycles. The molecule has 1 aliphatic rings. The summed E-state index contributed by atoms with van der Waals surface area (Å²) in [4.78, 5) is 2.64. The largest absolute Gasteiger partial charge is 0.394 e. The first-order valence-corrected chi connectivity index (χ1v) is 7.75. The van der Waals surface area contributed by atoms with Crippen LogP contribution in [-0.4, -0.2) is 47.8 Å². The molecule has 0 bridgehead atoms. The van der Waals surface area contributed by atoms with E-state index in [2.05, 4.69) is 31.0 Å². The third-order valence-electron chi connectivity index (χ3n) is 4.29. The van der Waals surface area contributed by atoms with E-state index >= 15 is 0 Å². The third kappa shape index (κ3) is 4.87. The summed E-state index contributed by atoms with van der Waals surface area (Å²) in [7, 11) is 0. The van der Waals surface area contributed by atoms with Gasteiger partial charge in [-0.1, -0.05) is 13.8 Å². The van der Waals surface area contributed by atoms with Crippen LogP contribution in [0.2, 0.25) is 0 Å². The molecule has 2 atom stereocenters. The molecule has 1 heterocycles. The number of hydrogen-bond acceptors (Lipinski definition) is 3. The van der Waals surface area contributed by atoms with Crippen LogP contribution >= 0.6 is 0 Å². The van der Waals surface area contributed by atoms with Gasteiger partial charge >= 0.3 is 0 Å². The van der Waals surface area contributed by atoms with Gasteiger partial charge in [-0.25, -0.2) is 0 Å². The lowest BCUT2D eigenvalue weighted by atomic mass is 9.96. The van der Waals surface area contributed by atoms with E-state index in [0.717, 1.165) is 25.4 Å². The Bertz CT molecular complexity index is 223. The first-order valence-electron chi connectivity index (χ1n) is 7.75. The molecule has 3 nitrogen and oxygen atoms in total. The van der Waals surface area contributed by atoms with Crippen molar-refractivity contribution in [1.29, 1.82) is 0 Å². The van der Waals surface area contributed by atoms with Crippen molar-refractivity contribution in [2.45, 2.75) is 70.9 Å². The van der Waals surface area contributed by atoms with Crippen molar-refractivity contribution in [3.8, 4) is 0 Å². The molecule has 1 aliphatic heterocycles. The number of nitrogens with one attached hydrogen (secondary N) is 1. The Balaban J connectivity index is 2.26. The maximum absolute atomic E-state index is 9.53. The summed E-state index contributed by atoms with van der Waals surface area (Å²) in [6, 6.07) is 0.814. The molecule has 1 fully saturated rings. The van der Waals surface area contributed by atoms with Gasteiger partial charge in [-0.3, -0.25) is 0 Å². The number of aliphatic hydroxyl groups is 1. The summed E-state index contributed by atoms with van der Waals surface area (Å²) >= 11 is 0. The SMILES string of the molecule is CCCNC(C)(CO)CCCN1CCCC1CC. The second-order valence-electron chi connectivity index (χ2n) is 5.99. The van der Waals surface area contributed by atoms with Crippen molar-refractivity contribution >= 4 is 0 Å². The Morgan fingerprint density at radius 3 is 2.78 bits per heavy atom. The Morgan fingerprint density at radius 2 is 2.17 bits per heavy atom. The summed E-state index contributed by atoms with van der Waals surface area (Å²) in [5.41, 5.74) is -0.0859. The van der Waals surface area contributed by atoms with E-state index in [1.54, 1.807) is 0 Å². The second kappa shape index (κ2) is 8.13. The van der Waals surface area contributed by atoms with Crippen molar-refractivity contribution < 1.29 is 5.11 Å². The highest BCUT2D eigenvalue weighted by Gasteiger charge is 2.25. The van der Waals surface area contributed by atoms with Crippen LogP contribution in [0.1, 0.15) is 59.3 Å². The second-order valence-corrected chi connectivity index (χ2v) is 5.99. The smallest absolute Gasteiger partial charge is 0.0610 e. The average molecular weight is 256 g/mol. The minimum atomic E-state index is -0.0859. The molecule has 0 aromatic rings. The normalized spacial score (nSPS) is 24.3. The number of hydrogen-bond donors (Lipinski definition) is 2. The molecule has 0 aromatic carbocycles. The maximum Gasteiger partial charge on any atom is 0.0610 e. The maximum atomic E-state index is 9.53. The lowest BCUT2D eigenvalue weighted by Gasteiger charge is -2.30. The van der Waals surface area contributed by atoms with Crippen LogP contribution in [0.15, 0.2) is 0 Å². The number of rotatable bonds is 9. The van der Waals surface area contributed by atoms with Crippen molar-refractivity contribution in [1.82, 2.24) is 10.2 Å². The van der Waals surface area contributed by atoms with E-state index in [9.17, 15) is 5.11 Å². The molecule has 3 heteroatoms. The van der Waals surface area contributed by atoms with Gasteiger partial charge in [0.1, 0.15) is 0 Å². The Hall–Kier alpha value is -0.120. The van der Waals surface area contributed by atoms with E-state index in [4.69, 9.17) is 0 Å². The third-order valence-corrected chi connectivity index (χ3v) is 4.29. The Labute approximate surface area is 113 Å². The Kier molecular flexibility index (Phi) is 7.20. The highest BCUT2D eigenvalue weighted by Crippen LogP contribution is 2.21. The van der Waals surface area contributed by atoms with Crippen molar-refractivity contribution in [3.05, 3.63) is 0 Å². The Morgan fingerprint density at radius 1 is 1.39 bits per heavy atom. The molecule has 2 unspecified atom stereocenters. The molecular formula is C15H32N2O. The zero-order valence-electron chi connectivity index (χ0n) is 12.5. The van der Waals surface area contributed by atoms with Crippen LogP contribution < -0.4 is 5.32 Å². The van der Waals surface area contributed by atoms with Gasteiger partial charge in [0, 0.05) is 11.6 Å². The van der Waals surface area contributed by atoms with Crippen molar-refractivity contribution in [2.24, 2.45) is 0 Å². The lowest BCUT2D eigenvalue weighted by Crippen LogP contribution is -2.46. The molecule has 0 spiro atoms. The molecule has 0 radical (unpaired) electrons. The molecule has 18 heavy (non-hydrogen) atoms. The predicted octanol–water partition coefficient (Wildman–Crippen LogP) is 2.39. The van der Waals surface area contributed by atoms with Crippen molar-refractivity contribution in [2.75, 3.05) is 26.2 Å². The number of likely N-dealkylation sites (tertiary alicyclic amines) is 1. The van der Waals surface area contributed by atoms with Crippen LogP contribution in [0, 0.1) is 0 Å². The zero-order valence-corrected chi connectivity index (χ0v) is 12.5. The highest BCUT2D eigenvalue weighted by atomic mass is 16.3. The van der Waals surface area contributed by atoms with Gasteiger partial charge in [-0.05, 0) is 65.1 Å². The molecule has 1 saturated heterocycles. The van der Waals surface area contributed by atoms with Gasteiger partial charge < -0.3 is 15.3 Å². The molecule has 2 N–H and O–H groups in total. The lowest BCUT2D eigenvalue weighted by molar-refractivity contribution is 0.154. The van der Waals surface area contributed by atoms with Gasteiger partial charge in [0.2, 0.25) is 0 Å². The highest BCUT2D eigenvalue weighted by molar-refractivity contribution is 4.84. The first kappa shape index (κ1) is 15.9. The quantitative estimate of drug-likeness (QED) is 0.665. The average Bonchev–Trinajstić information content (AvgIpc) is 2.84. The molecule has 0 aliphatic carbocycles. The number of aliphatic hydroxyl groups excluding tert-OH is 1. The molecule has 108 valence electrons. The topological polar surface area (TPSA) is 35.5 Å². The summed E-state index contributed by atoms with van der Waals surface area (Å²) in [5, 5.41) is 13.0. The monoisotopic (exact) mass is 256 g/mol. The van der Waals surface area contributed by atoms with Crippen LogP contribution in [-0.2, 0) is 0 Å². The van der Waals surface area contributed by atoms with Crippen LogP contribution in [0.25, 0.3) is 0 Å². The van der Waals surface area contributed by atoms with Gasteiger partial charge in [-0.15, -0.1) is 0 Å². The van der Waals surface area contributed by atoms with Gasteiger partial charge in [0.05, 0.1) is 6.61 Å². The summed E-state index contributed by atoms with van der Waals surface area (Å²) in [5.74, 6) is 0. The van der Waals surface area contributed by atoms with Crippen LogP contribution in [0.4, 0.5) is 0 Å². The molecular weight excluding hydrogens is 224 g/mol. The fraction of sp³-hybridized carbons (Fsp3) is 1.00. The molecule has 1 rings (SSSR count). The first-order chi connectivity index (χ1) is 8.65.